The van der Waals surface area contributed by atoms with E-state index in [9.17, 15) is 9.18 Å². The minimum atomic E-state index is -0.500. The summed E-state index contributed by atoms with van der Waals surface area (Å²) in [5.74, 6) is 1.04. The second-order valence-electron chi connectivity index (χ2n) is 7.16. The molecule has 1 atom stereocenters. The smallest absolute Gasteiger partial charge is 0.248 e. The summed E-state index contributed by atoms with van der Waals surface area (Å²) in [6.07, 6.45) is 4.72. The van der Waals surface area contributed by atoms with E-state index in [1.165, 1.54) is 12.1 Å². The van der Waals surface area contributed by atoms with E-state index >= 15 is 0 Å². The third-order valence-electron chi connectivity index (χ3n) is 4.70. The number of nitrogens with two attached hydrogens (primary N) is 1. The Morgan fingerprint density at radius 3 is 2.27 bits per heavy atom. The Hall–Kier alpha value is -4.60. The van der Waals surface area contributed by atoms with Gasteiger partial charge in [-0.2, -0.15) is 9.97 Å². The predicted molar refractivity (Wildman–Crippen MR) is 124 cm³/mol. The van der Waals surface area contributed by atoms with E-state index < -0.39 is 5.91 Å². The van der Waals surface area contributed by atoms with Crippen molar-refractivity contribution in [2.45, 2.75) is 13.0 Å². The third-order valence-corrected chi connectivity index (χ3v) is 4.70. The highest BCUT2D eigenvalue weighted by atomic mass is 19.1. The van der Waals surface area contributed by atoms with Gasteiger partial charge in [-0.3, -0.25) is 9.78 Å². The molecule has 0 spiro atoms. The molecule has 4 rings (SSSR count). The molecule has 2 heterocycles. The number of hydrogen-bond donors (Lipinski definition) is 4. The molecule has 10 heteroatoms. The zero-order chi connectivity index (χ0) is 23.2. The van der Waals surface area contributed by atoms with E-state index in [1.807, 2.05) is 6.92 Å². The van der Waals surface area contributed by atoms with Crippen molar-refractivity contribution in [3.05, 3.63) is 90.1 Å². The molecule has 4 aromatic rings. The quantitative estimate of drug-likeness (QED) is 0.319. The minimum absolute atomic E-state index is 0.180. The second-order valence-corrected chi connectivity index (χ2v) is 7.16. The van der Waals surface area contributed by atoms with E-state index in [0.29, 0.717) is 34.7 Å². The fourth-order valence-corrected chi connectivity index (χ4v) is 3.03. The van der Waals surface area contributed by atoms with Crippen LogP contribution in [0.15, 0.2) is 73.2 Å². The molecular formula is C23H21FN8O. The van der Waals surface area contributed by atoms with Crippen LogP contribution < -0.4 is 21.7 Å². The molecule has 2 aromatic carbocycles. The van der Waals surface area contributed by atoms with Crippen LogP contribution in [0.1, 0.15) is 28.9 Å². The van der Waals surface area contributed by atoms with E-state index in [0.717, 1.165) is 5.56 Å². The lowest BCUT2D eigenvalue weighted by Crippen LogP contribution is -2.12. The van der Waals surface area contributed by atoms with Gasteiger partial charge in [0.1, 0.15) is 23.3 Å². The van der Waals surface area contributed by atoms with E-state index in [1.54, 1.807) is 61.1 Å². The van der Waals surface area contributed by atoms with Crippen LogP contribution in [0.5, 0.6) is 0 Å². The Morgan fingerprint density at radius 1 is 0.939 bits per heavy atom. The van der Waals surface area contributed by atoms with Crippen molar-refractivity contribution in [3.63, 3.8) is 0 Å². The van der Waals surface area contributed by atoms with Gasteiger partial charge in [-0.25, -0.2) is 9.37 Å². The molecule has 0 saturated heterocycles. The summed E-state index contributed by atoms with van der Waals surface area (Å²) in [5.41, 5.74) is 7.30. The van der Waals surface area contributed by atoms with Gasteiger partial charge >= 0.3 is 0 Å². The average molecular weight is 444 g/mol. The standard InChI is InChI=1S/C23H21FN8O/c1-14(15-2-6-17(24)7-3-15)28-23-31-19(29-18-8-4-16(5-9-18)22(25)33)12-20(32-23)30-21-13-26-10-11-27-21/h2-14H,1H3,(H2,25,33)(H3,27,28,29,30,31,32)/t14-/m0/s1. The van der Waals surface area contributed by atoms with Gasteiger partial charge in [0.05, 0.1) is 12.2 Å². The summed E-state index contributed by atoms with van der Waals surface area (Å²) in [5, 5.41) is 9.52. The predicted octanol–water partition coefficient (Wildman–Crippen LogP) is 4.16. The molecule has 33 heavy (non-hydrogen) atoms. The van der Waals surface area contributed by atoms with Crippen molar-refractivity contribution in [1.82, 2.24) is 19.9 Å². The van der Waals surface area contributed by atoms with Crippen LogP contribution in [0, 0.1) is 5.82 Å². The number of carbonyl (C=O) groups excluding carboxylic acids is 1. The highest BCUT2D eigenvalue weighted by Crippen LogP contribution is 2.24. The van der Waals surface area contributed by atoms with Crippen molar-refractivity contribution < 1.29 is 9.18 Å². The van der Waals surface area contributed by atoms with Crippen molar-refractivity contribution in [3.8, 4) is 0 Å². The Morgan fingerprint density at radius 2 is 1.64 bits per heavy atom. The van der Waals surface area contributed by atoms with E-state index in [2.05, 4.69) is 35.9 Å². The first kappa shape index (κ1) is 21.6. The van der Waals surface area contributed by atoms with Crippen LogP contribution in [0.4, 0.5) is 33.5 Å². The van der Waals surface area contributed by atoms with Crippen LogP contribution in [0.25, 0.3) is 0 Å². The fourth-order valence-electron chi connectivity index (χ4n) is 3.03. The number of anilines is 5. The number of nitrogens with one attached hydrogen (secondary N) is 3. The van der Waals surface area contributed by atoms with E-state index in [-0.39, 0.29) is 11.9 Å². The molecule has 0 aliphatic rings. The van der Waals surface area contributed by atoms with Crippen molar-refractivity contribution in [1.29, 1.82) is 0 Å². The largest absolute Gasteiger partial charge is 0.366 e. The van der Waals surface area contributed by atoms with Gasteiger partial charge in [-0.15, -0.1) is 0 Å². The normalized spacial score (nSPS) is 11.5. The molecule has 0 unspecified atom stereocenters. The first-order valence-electron chi connectivity index (χ1n) is 10.1. The first-order valence-corrected chi connectivity index (χ1v) is 10.1. The lowest BCUT2D eigenvalue weighted by Gasteiger charge is -2.16. The zero-order valence-corrected chi connectivity index (χ0v) is 17.7. The lowest BCUT2D eigenvalue weighted by molar-refractivity contribution is 0.100. The SMILES string of the molecule is C[C@H](Nc1nc(Nc2ccc(C(N)=O)cc2)cc(Nc2cnccn2)n1)c1ccc(F)cc1. The second kappa shape index (κ2) is 9.69. The monoisotopic (exact) mass is 444 g/mol. The molecule has 0 radical (unpaired) electrons. The lowest BCUT2D eigenvalue weighted by atomic mass is 10.1. The van der Waals surface area contributed by atoms with Crippen LogP contribution in [0.3, 0.4) is 0 Å². The molecule has 0 saturated carbocycles. The number of rotatable bonds is 8. The topological polar surface area (TPSA) is 131 Å². The molecule has 2 aromatic heterocycles. The molecule has 9 nitrogen and oxygen atoms in total. The zero-order valence-electron chi connectivity index (χ0n) is 17.7. The number of nitrogens with zero attached hydrogens (tertiary/aromatic N) is 4. The number of hydrogen-bond acceptors (Lipinski definition) is 8. The van der Waals surface area contributed by atoms with Crippen molar-refractivity contribution in [2.75, 3.05) is 16.0 Å². The van der Waals surface area contributed by atoms with Crippen LogP contribution in [-0.4, -0.2) is 25.8 Å². The number of primary amides is 1. The number of halogens is 1. The summed E-state index contributed by atoms with van der Waals surface area (Å²) in [7, 11) is 0. The molecule has 0 aliphatic heterocycles. The maximum atomic E-state index is 13.3. The highest BCUT2D eigenvalue weighted by Gasteiger charge is 2.11. The molecule has 0 fully saturated rings. The van der Waals surface area contributed by atoms with Gasteiger partial charge in [-0.1, -0.05) is 12.1 Å². The first-order chi connectivity index (χ1) is 16.0. The molecular weight excluding hydrogens is 423 g/mol. The average Bonchev–Trinajstić information content (AvgIpc) is 2.80. The molecule has 0 bridgehead atoms. The fraction of sp³-hybridized carbons (Fsp3) is 0.0870. The Kier molecular flexibility index (Phi) is 6.35. The Balaban J connectivity index is 1.60. The van der Waals surface area contributed by atoms with Gasteiger partial charge in [0.2, 0.25) is 11.9 Å². The summed E-state index contributed by atoms with van der Waals surface area (Å²) in [6.45, 7) is 1.93. The number of benzene rings is 2. The van der Waals surface area contributed by atoms with Gasteiger partial charge in [0, 0.05) is 29.7 Å². The number of aromatic nitrogens is 4. The van der Waals surface area contributed by atoms with Gasteiger partial charge in [0.15, 0.2) is 0 Å². The highest BCUT2D eigenvalue weighted by molar-refractivity contribution is 5.93. The summed E-state index contributed by atoms with van der Waals surface area (Å²) < 4.78 is 13.3. The Labute approximate surface area is 189 Å². The minimum Gasteiger partial charge on any atom is -0.366 e. The number of carbonyl (C=O) groups is 1. The van der Waals surface area contributed by atoms with Crippen LogP contribution in [0.2, 0.25) is 0 Å². The Bertz CT molecular complexity index is 1230. The molecule has 5 N–H and O–H groups in total. The van der Waals surface area contributed by atoms with Crippen LogP contribution >= 0.6 is 0 Å². The molecule has 166 valence electrons. The third kappa shape index (κ3) is 5.76. The van der Waals surface area contributed by atoms with Crippen molar-refractivity contribution in [2.24, 2.45) is 5.73 Å². The van der Waals surface area contributed by atoms with E-state index in [4.69, 9.17) is 5.73 Å². The van der Waals surface area contributed by atoms with Crippen molar-refractivity contribution >= 4 is 35.0 Å². The van der Waals surface area contributed by atoms with Gasteiger partial charge in [-0.05, 0) is 48.9 Å². The molecule has 1 amide bonds. The van der Waals surface area contributed by atoms with Gasteiger partial charge in [0.25, 0.3) is 0 Å². The van der Waals surface area contributed by atoms with Gasteiger partial charge < -0.3 is 21.7 Å². The maximum absolute atomic E-state index is 13.3. The summed E-state index contributed by atoms with van der Waals surface area (Å²) in [6, 6.07) is 14.5. The van der Waals surface area contributed by atoms with Crippen LogP contribution in [-0.2, 0) is 0 Å². The molecule has 0 aliphatic carbocycles. The summed E-state index contributed by atoms with van der Waals surface area (Å²) >= 11 is 0. The number of amides is 1. The summed E-state index contributed by atoms with van der Waals surface area (Å²) in [4.78, 5) is 28.6. The maximum Gasteiger partial charge on any atom is 0.248 e.